The number of fused-ring (bicyclic) bond motifs is 1. The van der Waals surface area contributed by atoms with Crippen molar-refractivity contribution in [3.63, 3.8) is 0 Å². The van der Waals surface area contributed by atoms with Crippen LogP contribution in [0.2, 0.25) is 0 Å². The van der Waals surface area contributed by atoms with Crippen molar-refractivity contribution < 1.29 is 18.3 Å². The minimum absolute atomic E-state index is 0.161. The molecule has 5 rings (SSSR count). The summed E-state index contributed by atoms with van der Waals surface area (Å²) in [6, 6.07) is 9.30. The Morgan fingerprint density at radius 2 is 1.91 bits per heavy atom. The SMILES string of the molecule is CCC1(c2cc(-c3cnc(CO)o3)ccn2)CCCc2cc(-c3c(F)cccc3F)nnc21. The van der Waals surface area contributed by atoms with Gasteiger partial charge < -0.3 is 9.52 Å². The van der Waals surface area contributed by atoms with Crippen LogP contribution in [0, 0.1) is 11.6 Å². The van der Waals surface area contributed by atoms with Crippen LogP contribution in [-0.4, -0.2) is 25.3 Å². The molecule has 0 bridgehead atoms. The van der Waals surface area contributed by atoms with Crippen LogP contribution in [0.4, 0.5) is 8.78 Å². The van der Waals surface area contributed by atoms with Gasteiger partial charge in [0.15, 0.2) is 5.76 Å². The van der Waals surface area contributed by atoms with Gasteiger partial charge in [-0.25, -0.2) is 13.8 Å². The van der Waals surface area contributed by atoms with Gasteiger partial charge in [-0.1, -0.05) is 13.0 Å². The zero-order valence-electron chi connectivity index (χ0n) is 18.1. The number of aliphatic hydroxyl groups excluding tert-OH is 1. The number of pyridine rings is 1. The standard InChI is InChI=1S/C25H22F2N4O2/c1-2-25(21-12-15(8-10-28-21)20-13-29-22(14-32)33-20)9-4-5-16-11-19(30-31-24(16)25)23-17(26)6-3-7-18(23)27/h3,6-8,10-13,32H,2,4-5,9,14H2,1H3. The predicted octanol–water partition coefficient (Wildman–Crippen LogP) is 5.00. The maximum Gasteiger partial charge on any atom is 0.220 e. The van der Waals surface area contributed by atoms with Crippen LogP contribution in [0.1, 0.15) is 49.0 Å². The maximum atomic E-state index is 14.3. The molecule has 0 radical (unpaired) electrons. The van der Waals surface area contributed by atoms with E-state index in [0.717, 1.165) is 48.2 Å². The molecule has 0 saturated carbocycles. The molecule has 1 unspecified atom stereocenters. The summed E-state index contributed by atoms with van der Waals surface area (Å²) >= 11 is 0. The predicted molar refractivity (Wildman–Crippen MR) is 117 cm³/mol. The van der Waals surface area contributed by atoms with Crippen molar-refractivity contribution in [2.75, 3.05) is 0 Å². The minimum Gasteiger partial charge on any atom is -0.438 e. The van der Waals surface area contributed by atoms with E-state index in [-0.39, 0.29) is 23.8 Å². The second kappa shape index (κ2) is 8.44. The first-order valence-electron chi connectivity index (χ1n) is 10.9. The van der Waals surface area contributed by atoms with E-state index in [4.69, 9.17) is 4.42 Å². The van der Waals surface area contributed by atoms with Gasteiger partial charge in [-0.15, -0.1) is 5.10 Å². The van der Waals surface area contributed by atoms with Crippen molar-refractivity contribution in [2.45, 2.75) is 44.6 Å². The first-order chi connectivity index (χ1) is 16.1. The van der Waals surface area contributed by atoms with Crippen molar-refractivity contribution >= 4 is 0 Å². The third-order valence-corrected chi connectivity index (χ3v) is 6.42. The van der Waals surface area contributed by atoms with Crippen LogP contribution in [0.5, 0.6) is 0 Å². The Bertz CT molecular complexity index is 1300. The number of rotatable bonds is 5. The molecule has 0 aliphatic heterocycles. The molecule has 1 aliphatic carbocycles. The van der Waals surface area contributed by atoms with Crippen LogP contribution < -0.4 is 0 Å². The quantitative estimate of drug-likeness (QED) is 0.463. The largest absolute Gasteiger partial charge is 0.438 e. The molecule has 4 aromatic rings. The first kappa shape index (κ1) is 21.3. The third-order valence-electron chi connectivity index (χ3n) is 6.42. The fourth-order valence-electron chi connectivity index (χ4n) is 4.72. The normalized spacial score (nSPS) is 17.7. The number of hydrogen-bond acceptors (Lipinski definition) is 6. The summed E-state index contributed by atoms with van der Waals surface area (Å²) in [7, 11) is 0. The molecule has 0 saturated heterocycles. The highest BCUT2D eigenvalue weighted by atomic mass is 19.1. The lowest BCUT2D eigenvalue weighted by atomic mass is 9.68. The van der Waals surface area contributed by atoms with Crippen molar-refractivity contribution in [1.82, 2.24) is 20.2 Å². The van der Waals surface area contributed by atoms with E-state index >= 15 is 0 Å². The Labute approximate surface area is 189 Å². The Morgan fingerprint density at radius 1 is 1.09 bits per heavy atom. The number of nitrogens with zero attached hydrogens (tertiary/aromatic N) is 4. The highest BCUT2D eigenvalue weighted by Gasteiger charge is 2.40. The van der Waals surface area contributed by atoms with Crippen LogP contribution in [0.3, 0.4) is 0 Å². The van der Waals surface area contributed by atoms with Crippen molar-refractivity contribution in [2.24, 2.45) is 0 Å². The molecule has 3 heterocycles. The second-order valence-corrected chi connectivity index (χ2v) is 8.20. The molecule has 3 aromatic heterocycles. The van der Waals surface area contributed by atoms with Gasteiger partial charge in [-0.2, -0.15) is 5.10 Å². The molecular weight excluding hydrogens is 426 g/mol. The molecule has 1 aliphatic rings. The number of aliphatic hydroxyl groups is 1. The molecule has 0 spiro atoms. The monoisotopic (exact) mass is 448 g/mol. The van der Waals surface area contributed by atoms with Crippen molar-refractivity contribution in [3.8, 4) is 22.6 Å². The van der Waals surface area contributed by atoms with E-state index in [1.54, 1.807) is 18.5 Å². The lowest BCUT2D eigenvalue weighted by Crippen LogP contribution is -2.34. The topological polar surface area (TPSA) is 84.9 Å². The number of halogens is 2. The molecular formula is C25H22F2N4O2. The molecule has 6 nitrogen and oxygen atoms in total. The summed E-state index contributed by atoms with van der Waals surface area (Å²) in [5, 5.41) is 18.0. The summed E-state index contributed by atoms with van der Waals surface area (Å²) in [6.45, 7) is 1.80. The van der Waals surface area contributed by atoms with E-state index < -0.39 is 17.0 Å². The Hall–Kier alpha value is -3.52. The molecule has 8 heteroatoms. The summed E-state index contributed by atoms with van der Waals surface area (Å²) in [5.41, 5.74) is 2.87. The summed E-state index contributed by atoms with van der Waals surface area (Å²) < 4.78 is 34.3. The van der Waals surface area contributed by atoms with Crippen LogP contribution in [0.25, 0.3) is 22.6 Å². The number of benzene rings is 1. The zero-order chi connectivity index (χ0) is 23.0. The molecule has 168 valence electrons. The van der Waals surface area contributed by atoms with Gasteiger partial charge in [0.2, 0.25) is 5.89 Å². The van der Waals surface area contributed by atoms with Crippen LogP contribution >= 0.6 is 0 Å². The van der Waals surface area contributed by atoms with Crippen molar-refractivity contribution in [3.05, 3.63) is 83.3 Å². The molecule has 1 atom stereocenters. The average Bonchev–Trinajstić information content (AvgIpc) is 3.33. The first-order valence-corrected chi connectivity index (χ1v) is 10.9. The number of aryl methyl sites for hydroxylation is 1. The van der Waals surface area contributed by atoms with E-state index in [9.17, 15) is 13.9 Å². The Kier molecular flexibility index (Phi) is 5.46. The molecule has 1 N–H and O–H groups in total. The fourth-order valence-corrected chi connectivity index (χ4v) is 4.72. The fraction of sp³-hybridized carbons (Fsp3) is 0.280. The molecule has 0 fully saturated rings. The van der Waals surface area contributed by atoms with Gasteiger partial charge in [0.1, 0.15) is 18.2 Å². The smallest absolute Gasteiger partial charge is 0.220 e. The molecule has 33 heavy (non-hydrogen) atoms. The van der Waals surface area contributed by atoms with Gasteiger partial charge >= 0.3 is 0 Å². The summed E-state index contributed by atoms with van der Waals surface area (Å²) in [5.74, 6) is -0.534. The molecule has 0 amide bonds. The number of aromatic nitrogens is 4. The highest BCUT2D eigenvalue weighted by molar-refractivity contribution is 5.62. The van der Waals surface area contributed by atoms with E-state index in [2.05, 4.69) is 27.1 Å². The van der Waals surface area contributed by atoms with Crippen LogP contribution in [-0.2, 0) is 18.4 Å². The van der Waals surface area contributed by atoms with Crippen molar-refractivity contribution in [1.29, 1.82) is 0 Å². The summed E-state index contributed by atoms with van der Waals surface area (Å²) in [4.78, 5) is 8.73. The van der Waals surface area contributed by atoms with Gasteiger partial charge in [0, 0.05) is 11.8 Å². The minimum atomic E-state index is -0.662. The van der Waals surface area contributed by atoms with Gasteiger partial charge in [0.05, 0.1) is 34.3 Å². The third kappa shape index (κ3) is 3.60. The van der Waals surface area contributed by atoms with Gasteiger partial charge in [0.25, 0.3) is 0 Å². The summed E-state index contributed by atoms with van der Waals surface area (Å²) in [6.07, 6.45) is 6.48. The second-order valence-electron chi connectivity index (χ2n) is 8.20. The van der Waals surface area contributed by atoms with Gasteiger partial charge in [-0.05, 0) is 61.6 Å². The Morgan fingerprint density at radius 3 is 2.64 bits per heavy atom. The van der Waals surface area contributed by atoms with Crippen LogP contribution in [0.15, 0.2) is 53.2 Å². The lowest BCUT2D eigenvalue weighted by molar-refractivity contribution is 0.241. The molecule has 1 aromatic carbocycles. The van der Waals surface area contributed by atoms with E-state index in [0.29, 0.717) is 5.76 Å². The average molecular weight is 448 g/mol. The number of oxazole rings is 1. The highest BCUT2D eigenvalue weighted by Crippen LogP contribution is 2.44. The Balaban J connectivity index is 1.60. The number of hydrogen-bond donors (Lipinski definition) is 1. The van der Waals surface area contributed by atoms with Gasteiger partial charge in [-0.3, -0.25) is 4.98 Å². The van der Waals surface area contributed by atoms with E-state index in [1.165, 1.54) is 18.2 Å². The van der Waals surface area contributed by atoms with E-state index in [1.807, 2.05) is 12.1 Å². The zero-order valence-corrected chi connectivity index (χ0v) is 18.1. The lowest BCUT2D eigenvalue weighted by Gasteiger charge is -2.36. The maximum absolute atomic E-state index is 14.3.